The minimum atomic E-state index is -3.90. The number of likely N-dealkylation sites (N-methyl/N-ethyl adjacent to an activating group) is 1. The number of hydrogen-bond donors (Lipinski definition) is 0. The first kappa shape index (κ1) is 16.3. The second-order valence-electron chi connectivity index (χ2n) is 5.40. The van der Waals surface area contributed by atoms with Crippen molar-refractivity contribution >= 4 is 33.2 Å². The van der Waals surface area contributed by atoms with Crippen LogP contribution in [0, 0.1) is 5.82 Å². The minimum Gasteiger partial charge on any atom is -0.314 e. The fraction of sp³-hybridized carbons (Fsp3) is 0.188. The first-order valence-corrected chi connectivity index (χ1v) is 8.60. The Labute approximate surface area is 139 Å². The van der Waals surface area contributed by atoms with Crippen LogP contribution in [0.1, 0.15) is 0 Å². The number of hydrogen-bond acceptors (Lipinski definition) is 3. The molecule has 6 nitrogen and oxygen atoms in total. The van der Waals surface area contributed by atoms with Crippen molar-refractivity contribution < 1.29 is 17.6 Å². The van der Waals surface area contributed by atoms with E-state index in [1.54, 1.807) is 31.3 Å². The van der Waals surface area contributed by atoms with Crippen molar-refractivity contribution in [1.82, 2.24) is 0 Å². The van der Waals surface area contributed by atoms with Crippen LogP contribution in [0.3, 0.4) is 0 Å². The number of carbonyl (C=O) groups is 1. The number of benzene rings is 2. The normalized spacial score (nSPS) is 15.3. The Hall–Kier alpha value is -2.61. The summed E-state index contributed by atoms with van der Waals surface area (Å²) in [6.07, 6.45) is 0. The highest BCUT2D eigenvalue weighted by molar-refractivity contribution is 7.94. The van der Waals surface area contributed by atoms with Crippen LogP contribution in [0.2, 0.25) is 0 Å². The fourth-order valence-electron chi connectivity index (χ4n) is 2.55. The van der Waals surface area contributed by atoms with E-state index in [-0.39, 0.29) is 5.69 Å². The molecule has 0 saturated carbocycles. The molecule has 2 aromatic rings. The maximum Gasteiger partial charge on any atom is 0.326 e. The van der Waals surface area contributed by atoms with Crippen LogP contribution in [0.25, 0.3) is 0 Å². The van der Waals surface area contributed by atoms with E-state index in [0.29, 0.717) is 11.4 Å². The van der Waals surface area contributed by atoms with Crippen molar-refractivity contribution in [3.8, 4) is 0 Å². The Morgan fingerprint density at radius 1 is 1.12 bits per heavy atom. The summed E-state index contributed by atoms with van der Waals surface area (Å²) in [6.45, 7) is -0.408. The SMILES string of the molecule is CN(C(=O)CN1c2cc(F)ccc2N(C)S1(=O)=O)c1ccccc1. The molecular formula is C16H16FN3O3S. The molecule has 0 unspecified atom stereocenters. The third-order valence-electron chi connectivity index (χ3n) is 3.97. The number of rotatable bonds is 3. The second-order valence-corrected chi connectivity index (χ2v) is 7.29. The summed E-state index contributed by atoms with van der Waals surface area (Å²) >= 11 is 0. The summed E-state index contributed by atoms with van der Waals surface area (Å²) in [5.74, 6) is -0.983. The van der Waals surface area contributed by atoms with Crippen LogP contribution < -0.4 is 13.5 Å². The van der Waals surface area contributed by atoms with Gasteiger partial charge in [0.1, 0.15) is 12.4 Å². The quantitative estimate of drug-likeness (QED) is 0.851. The van der Waals surface area contributed by atoms with E-state index in [2.05, 4.69) is 0 Å². The minimum absolute atomic E-state index is 0.160. The maximum absolute atomic E-state index is 13.5. The lowest BCUT2D eigenvalue weighted by atomic mass is 10.2. The highest BCUT2D eigenvalue weighted by atomic mass is 32.2. The Bertz CT molecular complexity index is 887. The average Bonchev–Trinajstić information content (AvgIpc) is 2.75. The van der Waals surface area contributed by atoms with E-state index in [1.807, 2.05) is 6.07 Å². The lowest BCUT2D eigenvalue weighted by molar-refractivity contribution is -0.116. The van der Waals surface area contributed by atoms with Gasteiger partial charge in [-0.1, -0.05) is 18.2 Å². The largest absolute Gasteiger partial charge is 0.326 e. The zero-order chi connectivity index (χ0) is 17.5. The molecule has 1 heterocycles. The molecule has 1 amide bonds. The predicted octanol–water partition coefficient (Wildman–Crippen LogP) is 1.99. The van der Waals surface area contributed by atoms with E-state index in [9.17, 15) is 17.6 Å². The van der Waals surface area contributed by atoms with Crippen molar-refractivity contribution in [3.05, 3.63) is 54.3 Å². The summed E-state index contributed by atoms with van der Waals surface area (Å²) in [4.78, 5) is 13.9. The number of carbonyl (C=O) groups excluding carboxylic acids is 1. The van der Waals surface area contributed by atoms with Crippen LogP contribution in [0.4, 0.5) is 21.5 Å². The van der Waals surface area contributed by atoms with Crippen molar-refractivity contribution in [2.45, 2.75) is 0 Å². The highest BCUT2D eigenvalue weighted by Crippen LogP contribution is 2.40. The molecule has 0 aromatic heterocycles. The number of nitrogens with zero attached hydrogens (tertiary/aromatic N) is 3. The molecule has 2 aromatic carbocycles. The van der Waals surface area contributed by atoms with Crippen molar-refractivity contribution in [3.63, 3.8) is 0 Å². The molecule has 0 saturated heterocycles. The van der Waals surface area contributed by atoms with Gasteiger partial charge in [0.15, 0.2) is 0 Å². The molecule has 0 fully saturated rings. The van der Waals surface area contributed by atoms with Gasteiger partial charge >= 0.3 is 10.2 Å². The van der Waals surface area contributed by atoms with Crippen LogP contribution in [-0.4, -0.2) is 35.0 Å². The fourth-order valence-corrected chi connectivity index (χ4v) is 3.92. The van der Waals surface area contributed by atoms with Gasteiger partial charge in [-0.15, -0.1) is 0 Å². The molecule has 3 rings (SSSR count). The van der Waals surface area contributed by atoms with E-state index in [0.717, 1.165) is 14.7 Å². The zero-order valence-electron chi connectivity index (χ0n) is 13.2. The average molecular weight is 349 g/mol. The van der Waals surface area contributed by atoms with Gasteiger partial charge in [0.2, 0.25) is 5.91 Å². The molecule has 8 heteroatoms. The molecule has 126 valence electrons. The van der Waals surface area contributed by atoms with E-state index in [1.165, 1.54) is 24.1 Å². The molecule has 24 heavy (non-hydrogen) atoms. The summed E-state index contributed by atoms with van der Waals surface area (Å²) in [7, 11) is -0.961. The first-order chi connectivity index (χ1) is 11.3. The molecule has 0 spiro atoms. The Balaban J connectivity index is 1.92. The second kappa shape index (κ2) is 5.79. The highest BCUT2D eigenvalue weighted by Gasteiger charge is 2.39. The van der Waals surface area contributed by atoms with Gasteiger partial charge < -0.3 is 4.90 Å². The van der Waals surface area contributed by atoms with Crippen molar-refractivity contribution in [1.29, 1.82) is 0 Å². The molecule has 1 aliphatic rings. The van der Waals surface area contributed by atoms with Crippen LogP contribution in [-0.2, 0) is 15.0 Å². The van der Waals surface area contributed by atoms with Gasteiger partial charge in [0, 0.05) is 25.8 Å². The Morgan fingerprint density at radius 2 is 1.79 bits per heavy atom. The van der Waals surface area contributed by atoms with Crippen LogP contribution in [0.5, 0.6) is 0 Å². The monoisotopic (exact) mass is 349 g/mol. The van der Waals surface area contributed by atoms with Gasteiger partial charge in [-0.3, -0.25) is 9.10 Å². The molecule has 0 aliphatic carbocycles. The molecule has 0 N–H and O–H groups in total. The summed E-state index contributed by atoms with van der Waals surface area (Å²) in [5.41, 5.74) is 1.14. The van der Waals surface area contributed by atoms with Gasteiger partial charge in [0.25, 0.3) is 0 Å². The number of para-hydroxylation sites is 1. The predicted molar refractivity (Wildman–Crippen MR) is 90.9 cm³/mol. The van der Waals surface area contributed by atoms with E-state index >= 15 is 0 Å². The lowest BCUT2D eigenvalue weighted by Gasteiger charge is -2.23. The third-order valence-corrected chi connectivity index (χ3v) is 5.74. The Morgan fingerprint density at radius 3 is 2.46 bits per heavy atom. The van der Waals surface area contributed by atoms with Gasteiger partial charge in [-0.2, -0.15) is 8.42 Å². The topological polar surface area (TPSA) is 60.9 Å². The molecule has 0 radical (unpaired) electrons. The van der Waals surface area contributed by atoms with Crippen molar-refractivity contribution in [2.75, 3.05) is 34.2 Å². The smallest absolute Gasteiger partial charge is 0.314 e. The van der Waals surface area contributed by atoms with E-state index < -0.39 is 28.5 Å². The van der Waals surface area contributed by atoms with E-state index in [4.69, 9.17) is 0 Å². The van der Waals surface area contributed by atoms with Crippen molar-refractivity contribution in [2.24, 2.45) is 0 Å². The number of amides is 1. The van der Waals surface area contributed by atoms with Gasteiger partial charge in [-0.25, -0.2) is 8.70 Å². The Kier molecular flexibility index (Phi) is 3.92. The zero-order valence-corrected chi connectivity index (χ0v) is 14.0. The molecule has 1 aliphatic heterocycles. The standard InChI is InChI=1S/C16H16FN3O3S/c1-18(13-6-4-3-5-7-13)16(21)11-20-15-10-12(17)8-9-14(15)19(2)24(20,22)23/h3-10H,11H2,1-2H3. The molecule has 0 atom stereocenters. The number of fused-ring (bicyclic) bond motifs is 1. The van der Waals surface area contributed by atoms with Crippen LogP contribution >= 0.6 is 0 Å². The third kappa shape index (κ3) is 2.58. The first-order valence-electron chi connectivity index (χ1n) is 7.20. The molecule has 0 bridgehead atoms. The number of anilines is 3. The lowest BCUT2D eigenvalue weighted by Crippen LogP contribution is -2.43. The molecular weight excluding hydrogens is 333 g/mol. The summed E-state index contributed by atoms with van der Waals surface area (Å²) < 4.78 is 40.5. The summed E-state index contributed by atoms with van der Waals surface area (Å²) in [6, 6.07) is 12.6. The van der Waals surface area contributed by atoms with Gasteiger partial charge in [-0.05, 0) is 24.3 Å². The number of halogens is 1. The summed E-state index contributed by atoms with van der Waals surface area (Å²) in [5, 5.41) is 0. The van der Waals surface area contributed by atoms with Crippen LogP contribution in [0.15, 0.2) is 48.5 Å². The van der Waals surface area contributed by atoms with Gasteiger partial charge in [0.05, 0.1) is 11.4 Å². The maximum atomic E-state index is 13.5.